The highest BCUT2D eigenvalue weighted by molar-refractivity contribution is 14.1. The fourth-order valence-electron chi connectivity index (χ4n) is 1.86. The molecule has 118 valence electrons. The molecule has 0 fully saturated rings. The summed E-state index contributed by atoms with van der Waals surface area (Å²) in [5.74, 6) is 1.70. The van der Waals surface area contributed by atoms with Gasteiger partial charge in [0, 0.05) is 6.04 Å². The molecule has 7 heteroatoms. The molecule has 0 unspecified atom stereocenters. The van der Waals surface area contributed by atoms with Crippen molar-refractivity contribution in [2.75, 3.05) is 6.61 Å². The Balaban J connectivity index is 2.26. The average Bonchev–Trinajstić information content (AvgIpc) is 2.46. The Morgan fingerprint density at radius 1 is 1.05 bits per heavy atom. The van der Waals surface area contributed by atoms with E-state index in [1.165, 1.54) is 0 Å². The van der Waals surface area contributed by atoms with Crippen LogP contribution in [-0.4, -0.2) is 22.9 Å². The monoisotopic (exact) mass is 637 g/mol. The SMILES string of the molecule is N[C@H](CO)Cc1cc(I)c(Oc2ccc(O)c(I)c2)c(I)c1. The molecule has 0 saturated carbocycles. The zero-order valence-corrected chi connectivity index (χ0v) is 17.9. The molecule has 0 aromatic heterocycles. The molecule has 2 aromatic rings. The largest absolute Gasteiger partial charge is 0.507 e. The number of aliphatic hydroxyl groups excluding tert-OH is 1. The lowest BCUT2D eigenvalue weighted by Crippen LogP contribution is -2.26. The standard InChI is InChI=1S/C15H14I3NO3/c16-11-6-10(1-2-14(11)21)22-15-12(17)4-8(5-13(15)18)3-9(19)7-20/h1-2,4-6,9,20-21H,3,7,19H2/t9-/m0/s1. The number of phenols is 1. The summed E-state index contributed by atoms with van der Waals surface area (Å²) in [6.45, 7) is -0.0304. The van der Waals surface area contributed by atoms with E-state index in [9.17, 15) is 5.11 Å². The van der Waals surface area contributed by atoms with Crippen molar-refractivity contribution in [2.24, 2.45) is 5.73 Å². The zero-order valence-electron chi connectivity index (χ0n) is 11.4. The van der Waals surface area contributed by atoms with Gasteiger partial charge in [0.25, 0.3) is 0 Å². The summed E-state index contributed by atoms with van der Waals surface area (Å²) in [5, 5.41) is 18.6. The van der Waals surface area contributed by atoms with Gasteiger partial charge in [-0.1, -0.05) is 0 Å². The molecule has 2 aromatic carbocycles. The molecule has 0 bridgehead atoms. The number of rotatable bonds is 5. The molecule has 0 spiro atoms. The Hall–Kier alpha value is 0.150. The average molecular weight is 637 g/mol. The van der Waals surface area contributed by atoms with Gasteiger partial charge in [-0.05, 0) is 110 Å². The number of ether oxygens (including phenoxy) is 1. The van der Waals surface area contributed by atoms with Crippen LogP contribution in [0.25, 0.3) is 0 Å². The van der Waals surface area contributed by atoms with Gasteiger partial charge in [0.05, 0.1) is 17.3 Å². The summed E-state index contributed by atoms with van der Waals surface area (Å²) in [4.78, 5) is 0. The third-order valence-electron chi connectivity index (χ3n) is 2.93. The molecule has 4 N–H and O–H groups in total. The third-order valence-corrected chi connectivity index (χ3v) is 5.40. The maximum atomic E-state index is 9.56. The van der Waals surface area contributed by atoms with Gasteiger partial charge in [0.15, 0.2) is 5.75 Å². The van der Waals surface area contributed by atoms with E-state index in [1.54, 1.807) is 18.2 Å². The van der Waals surface area contributed by atoms with Crippen molar-refractivity contribution in [1.29, 1.82) is 0 Å². The molecule has 0 amide bonds. The maximum Gasteiger partial charge on any atom is 0.154 e. The van der Waals surface area contributed by atoms with E-state index in [1.807, 2.05) is 12.1 Å². The first-order valence-electron chi connectivity index (χ1n) is 6.41. The molecule has 0 saturated heterocycles. The number of hydrogen-bond donors (Lipinski definition) is 3. The van der Waals surface area contributed by atoms with Crippen LogP contribution in [0, 0.1) is 10.7 Å². The lowest BCUT2D eigenvalue weighted by molar-refractivity contribution is 0.265. The molecule has 0 radical (unpaired) electrons. The molecule has 1 atom stereocenters. The second kappa shape index (κ2) is 8.31. The molecule has 0 aliphatic carbocycles. The number of aromatic hydroxyl groups is 1. The minimum Gasteiger partial charge on any atom is -0.507 e. The third kappa shape index (κ3) is 4.82. The van der Waals surface area contributed by atoms with E-state index in [2.05, 4.69) is 67.8 Å². The van der Waals surface area contributed by atoms with Crippen molar-refractivity contribution in [1.82, 2.24) is 0 Å². The number of aliphatic hydroxyl groups is 1. The summed E-state index contributed by atoms with van der Waals surface area (Å²) in [7, 11) is 0. The molecule has 2 rings (SSSR count). The predicted octanol–water partition coefficient (Wildman–Crippen LogP) is 3.86. The maximum absolute atomic E-state index is 9.56. The number of halogens is 3. The summed E-state index contributed by atoms with van der Waals surface area (Å²) in [6, 6.07) is 8.91. The van der Waals surface area contributed by atoms with Crippen LogP contribution in [-0.2, 0) is 6.42 Å². The zero-order chi connectivity index (χ0) is 16.3. The van der Waals surface area contributed by atoms with E-state index in [0.29, 0.717) is 12.2 Å². The quantitative estimate of drug-likeness (QED) is 0.436. The fourth-order valence-corrected chi connectivity index (χ4v) is 4.47. The highest BCUT2D eigenvalue weighted by Gasteiger charge is 2.12. The van der Waals surface area contributed by atoms with E-state index in [-0.39, 0.29) is 18.4 Å². The van der Waals surface area contributed by atoms with Gasteiger partial charge in [-0.2, -0.15) is 0 Å². The van der Waals surface area contributed by atoms with Gasteiger partial charge in [0.1, 0.15) is 11.5 Å². The van der Waals surface area contributed by atoms with Crippen LogP contribution < -0.4 is 10.5 Å². The lowest BCUT2D eigenvalue weighted by Gasteiger charge is -2.14. The Labute approximate surface area is 169 Å². The van der Waals surface area contributed by atoms with Crippen LogP contribution in [0.1, 0.15) is 5.56 Å². The van der Waals surface area contributed by atoms with Gasteiger partial charge < -0.3 is 20.7 Å². The van der Waals surface area contributed by atoms with Crippen molar-refractivity contribution in [3.05, 3.63) is 46.6 Å². The van der Waals surface area contributed by atoms with Crippen LogP contribution in [0.3, 0.4) is 0 Å². The second-order valence-electron chi connectivity index (χ2n) is 4.75. The van der Waals surface area contributed by atoms with Crippen LogP contribution in [0.5, 0.6) is 17.2 Å². The number of phenolic OH excluding ortho intramolecular Hbond substituents is 1. The molecule has 0 heterocycles. The highest BCUT2D eigenvalue weighted by atomic mass is 127. The van der Waals surface area contributed by atoms with Crippen molar-refractivity contribution in [3.63, 3.8) is 0 Å². The first-order chi connectivity index (χ1) is 10.4. The second-order valence-corrected chi connectivity index (χ2v) is 8.24. The number of hydrogen-bond acceptors (Lipinski definition) is 4. The van der Waals surface area contributed by atoms with Crippen molar-refractivity contribution < 1.29 is 14.9 Å². The summed E-state index contributed by atoms with van der Waals surface area (Å²) >= 11 is 6.52. The fraction of sp³-hybridized carbons (Fsp3) is 0.200. The highest BCUT2D eigenvalue weighted by Crippen LogP contribution is 2.34. The first kappa shape index (κ1) is 18.5. The van der Waals surface area contributed by atoms with Crippen LogP contribution >= 0.6 is 67.8 Å². The minimum atomic E-state index is -0.253. The van der Waals surface area contributed by atoms with Gasteiger partial charge >= 0.3 is 0 Å². The smallest absolute Gasteiger partial charge is 0.154 e. The van der Waals surface area contributed by atoms with Gasteiger partial charge in [0.2, 0.25) is 0 Å². The predicted molar refractivity (Wildman–Crippen MR) is 112 cm³/mol. The lowest BCUT2D eigenvalue weighted by atomic mass is 10.1. The van der Waals surface area contributed by atoms with Crippen LogP contribution in [0.2, 0.25) is 0 Å². The van der Waals surface area contributed by atoms with Gasteiger partial charge in [-0.15, -0.1) is 0 Å². The van der Waals surface area contributed by atoms with E-state index in [0.717, 1.165) is 22.0 Å². The van der Waals surface area contributed by atoms with E-state index < -0.39 is 0 Å². The molecule has 22 heavy (non-hydrogen) atoms. The topological polar surface area (TPSA) is 75.7 Å². The van der Waals surface area contributed by atoms with Crippen molar-refractivity contribution in [3.8, 4) is 17.2 Å². The Morgan fingerprint density at radius 2 is 1.68 bits per heavy atom. The molecule has 0 aliphatic rings. The summed E-state index contributed by atoms with van der Waals surface area (Å²) in [6.07, 6.45) is 0.625. The summed E-state index contributed by atoms with van der Waals surface area (Å²) < 4.78 is 8.65. The minimum absolute atomic E-state index is 0.0304. The van der Waals surface area contributed by atoms with Crippen LogP contribution in [0.15, 0.2) is 30.3 Å². The van der Waals surface area contributed by atoms with Crippen molar-refractivity contribution in [2.45, 2.75) is 12.5 Å². The Bertz CT molecular complexity index is 656. The first-order valence-corrected chi connectivity index (χ1v) is 9.65. The van der Waals surface area contributed by atoms with Crippen molar-refractivity contribution >= 4 is 67.8 Å². The van der Waals surface area contributed by atoms with Crippen LogP contribution in [0.4, 0.5) is 0 Å². The Kier molecular flexibility index (Phi) is 6.98. The molecule has 0 aliphatic heterocycles. The van der Waals surface area contributed by atoms with E-state index in [4.69, 9.17) is 15.6 Å². The van der Waals surface area contributed by atoms with E-state index >= 15 is 0 Å². The normalized spacial score (nSPS) is 12.2. The number of nitrogens with two attached hydrogens (primary N) is 1. The van der Waals surface area contributed by atoms with Gasteiger partial charge in [-0.3, -0.25) is 0 Å². The number of benzene rings is 2. The summed E-state index contributed by atoms with van der Waals surface area (Å²) in [5.41, 5.74) is 6.86. The van der Waals surface area contributed by atoms with Gasteiger partial charge in [-0.25, -0.2) is 0 Å². The molecule has 4 nitrogen and oxygen atoms in total. The Morgan fingerprint density at radius 3 is 2.23 bits per heavy atom. The molecular formula is C15H14I3NO3. The molecular weight excluding hydrogens is 623 g/mol.